The summed E-state index contributed by atoms with van der Waals surface area (Å²) in [5, 5.41) is 7.24. The molecule has 2 aromatic rings. The quantitative estimate of drug-likeness (QED) is 0.755. The molecule has 1 saturated carbocycles. The van der Waals surface area contributed by atoms with E-state index in [-0.39, 0.29) is 48.0 Å². The number of rotatable bonds is 2. The minimum Gasteiger partial charge on any atom is -0.367 e. The summed E-state index contributed by atoms with van der Waals surface area (Å²) in [5.41, 5.74) is 0.638. The third-order valence-electron chi connectivity index (χ3n) is 6.77. The number of alkyl halides is 3. The number of aromatic amines is 1. The Labute approximate surface area is 175 Å². The van der Waals surface area contributed by atoms with Gasteiger partial charge in [0.1, 0.15) is 11.6 Å². The lowest BCUT2D eigenvalue weighted by Gasteiger charge is -2.36. The Balaban J connectivity index is 1.44. The van der Waals surface area contributed by atoms with Gasteiger partial charge in [-0.15, -0.1) is 0 Å². The Bertz CT molecular complexity index is 1120. The highest BCUT2D eigenvalue weighted by atomic mass is 19.4. The van der Waals surface area contributed by atoms with Crippen LogP contribution in [0.15, 0.2) is 10.9 Å². The summed E-state index contributed by atoms with van der Waals surface area (Å²) >= 11 is 0. The third kappa shape index (κ3) is 3.39. The van der Waals surface area contributed by atoms with Crippen LogP contribution in [0.2, 0.25) is 0 Å². The van der Waals surface area contributed by atoms with Crippen molar-refractivity contribution in [3.63, 3.8) is 0 Å². The van der Waals surface area contributed by atoms with Gasteiger partial charge in [0.2, 0.25) is 0 Å². The van der Waals surface area contributed by atoms with Gasteiger partial charge >= 0.3 is 6.18 Å². The van der Waals surface area contributed by atoms with Gasteiger partial charge in [-0.2, -0.15) is 18.3 Å². The molecule has 1 aliphatic carbocycles. The van der Waals surface area contributed by atoms with Crippen molar-refractivity contribution in [3.05, 3.63) is 39.2 Å². The van der Waals surface area contributed by atoms with E-state index >= 15 is 0 Å². The molecule has 5 rings (SSSR count). The Morgan fingerprint density at radius 1 is 1.32 bits per heavy atom. The van der Waals surface area contributed by atoms with Crippen LogP contribution < -0.4 is 10.9 Å². The van der Waals surface area contributed by atoms with Crippen LogP contribution in [0.5, 0.6) is 0 Å². The fourth-order valence-electron chi connectivity index (χ4n) is 4.58. The molecule has 2 atom stereocenters. The predicted octanol–water partition coefficient (Wildman–Crippen LogP) is 2.56. The number of nitrogens with one attached hydrogen (secondary N) is 2. The molecule has 166 valence electrons. The molecule has 2 aromatic heterocycles. The SMILES string of the molecule is Cc1nc2c(c(=O)[nH]1)CCN(C(=O)c1cc3n(n1)[C@H](C(F)(F)F)C[C@@H](C1(C)CC1)N3)C2. The molecule has 0 bridgehead atoms. The molecule has 11 heteroatoms. The molecule has 0 radical (unpaired) electrons. The van der Waals surface area contributed by atoms with E-state index in [2.05, 4.69) is 20.4 Å². The van der Waals surface area contributed by atoms with Crippen molar-refractivity contribution in [1.29, 1.82) is 0 Å². The zero-order chi connectivity index (χ0) is 22.1. The zero-order valence-corrected chi connectivity index (χ0v) is 17.2. The van der Waals surface area contributed by atoms with Crippen molar-refractivity contribution in [2.24, 2.45) is 5.41 Å². The van der Waals surface area contributed by atoms with Crippen LogP contribution in [-0.2, 0) is 13.0 Å². The highest BCUT2D eigenvalue weighted by Crippen LogP contribution is 2.54. The van der Waals surface area contributed by atoms with E-state index in [1.165, 1.54) is 11.0 Å². The van der Waals surface area contributed by atoms with Crippen molar-refractivity contribution < 1.29 is 18.0 Å². The van der Waals surface area contributed by atoms with Crippen LogP contribution >= 0.6 is 0 Å². The van der Waals surface area contributed by atoms with Gasteiger partial charge in [0.25, 0.3) is 11.5 Å². The molecule has 31 heavy (non-hydrogen) atoms. The first-order valence-electron chi connectivity index (χ1n) is 10.4. The van der Waals surface area contributed by atoms with E-state index in [4.69, 9.17) is 0 Å². The number of aryl methyl sites for hydroxylation is 1. The van der Waals surface area contributed by atoms with Crippen LogP contribution in [0.4, 0.5) is 19.0 Å². The predicted molar refractivity (Wildman–Crippen MR) is 105 cm³/mol. The minimum absolute atomic E-state index is 0.0386. The van der Waals surface area contributed by atoms with E-state index in [1.54, 1.807) is 6.92 Å². The number of carbonyl (C=O) groups excluding carboxylic acids is 1. The molecule has 1 amide bonds. The second kappa shape index (κ2) is 6.57. The number of H-pyrrole nitrogens is 1. The normalized spacial score (nSPS) is 24.2. The molecule has 1 fully saturated rings. The number of halogens is 3. The van der Waals surface area contributed by atoms with Crippen molar-refractivity contribution in [2.45, 2.75) is 64.3 Å². The Kier molecular flexibility index (Phi) is 4.26. The fraction of sp³-hybridized carbons (Fsp3) is 0.600. The molecule has 0 aromatic carbocycles. The summed E-state index contributed by atoms with van der Waals surface area (Å²) in [6.07, 6.45) is -2.46. The van der Waals surface area contributed by atoms with Gasteiger partial charge < -0.3 is 15.2 Å². The summed E-state index contributed by atoms with van der Waals surface area (Å²) in [4.78, 5) is 33.6. The van der Waals surface area contributed by atoms with Gasteiger partial charge in [0, 0.05) is 24.2 Å². The van der Waals surface area contributed by atoms with Gasteiger partial charge in [-0.1, -0.05) is 6.92 Å². The average Bonchev–Trinajstić information content (AvgIpc) is 3.30. The van der Waals surface area contributed by atoms with E-state index < -0.39 is 18.1 Å². The number of hydrogen-bond acceptors (Lipinski definition) is 5. The first kappa shape index (κ1) is 20.1. The van der Waals surface area contributed by atoms with Crippen LogP contribution in [0, 0.1) is 12.3 Å². The number of anilines is 1. The average molecular weight is 436 g/mol. The van der Waals surface area contributed by atoms with Crippen molar-refractivity contribution >= 4 is 11.7 Å². The highest BCUT2D eigenvalue weighted by molar-refractivity contribution is 5.93. The molecule has 3 aliphatic rings. The smallest absolute Gasteiger partial charge is 0.367 e. The molecule has 4 heterocycles. The second-order valence-electron chi connectivity index (χ2n) is 9.06. The van der Waals surface area contributed by atoms with Gasteiger partial charge in [0.05, 0.1) is 12.2 Å². The van der Waals surface area contributed by atoms with Crippen LogP contribution in [-0.4, -0.2) is 49.3 Å². The van der Waals surface area contributed by atoms with E-state index in [0.29, 0.717) is 23.5 Å². The molecular weight excluding hydrogens is 413 g/mol. The number of fused-ring (bicyclic) bond motifs is 2. The number of hydrogen-bond donors (Lipinski definition) is 2. The maximum Gasteiger partial charge on any atom is 0.410 e. The maximum atomic E-state index is 13.8. The number of amides is 1. The van der Waals surface area contributed by atoms with E-state index in [9.17, 15) is 22.8 Å². The van der Waals surface area contributed by atoms with Gasteiger partial charge in [-0.3, -0.25) is 9.59 Å². The fourth-order valence-corrected chi connectivity index (χ4v) is 4.58. The van der Waals surface area contributed by atoms with Crippen LogP contribution in [0.1, 0.15) is 59.8 Å². The molecule has 2 N–H and O–H groups in total. The maximum absolute atomic E-state index is 13.8. The molecule has 2 aliphatic heterocycles. The number of carbonyl (C=O) groups is 1. The van der Waals surface area contributed by atoms with Crippen molar-refractivity contribution in [2.75, 3.05) is 11.9 Å². The van der Waals surface area contributed by atoms with E-state index in [0.717, 1.165) is 17.5 Å². The first-order valence-corrected chi connectivity index (χ1v) is 10.4. The number of nitrogens with zero attached hydrogens (tertiary/aromatic N) is 4. The molecule has 0 saturated heterocycles. The lowest BCUT2D eigenvalue weighted by atomic mass is 9.90. The standard InChI is InChI=1S/C20H23F3N6O2/c1-10-24-13-9-28(6-3-11(13)17(30)25-10)18(31)12-7-16-26-14(19(2)4-5-19)8-15(20(21,22)23)29(16)27-12/h7,14-15,26H,3-6,8-9H2,1-2H3,(H,24,25,30)/t14-,15-/m0/s1. The van der Waals surface area contributed by atoms with Gasteiger partial charge in [-0.05, 0) is 38.0 Å². The largest absolute Gasteiger partial charge is 0.410 e. The summed E-state index contributed by atoms with van der Waals surface area (Å²) in [5.74, 6) is 0.203. The molecule has 0 spiro atoms. The lowest BCUT2D eigenvalue weighted by Crippen LogP contribution is -2.42. The zero-order valence-electron chi connectivity index (χ0n) is 17.2. The van der Waals surface area contributed by atoms with E-state index in [1.807, 2.05) is 6.92 Å². The summed E-state index contributed by atoms with van der Waals surface area (Å²) in [6.45, 7) is 4.04. The second-order valence-corrected chi connectivity index (χ2v) is 9.06. The lowest BCUT2D eigenvalue weighted by molar-refractivity contribution is -0.174. The van der Waals surface area contributed by atoms with Gasteiger partial charge in [0.15, 0.2) is 11.7 Å². The summed E-state index contributed by atoms with van der Waals surface area (Å²) in [7, 11) is 0. The van der Waals surface area contributed by atoms with Crippen LogP contribution in [0.3, 0.4) is 0 Å². The van der Waals surface area contributed by atoms with Crippen LogP contribution in [0.25, 0.3) is 0 Å². The third-order valence-corrected chi connectivity index (χ3v) is 6.77. The number of aromatic nitrogens is 4. The van der Waals surface area contributed by atoms with Crippen molar-refractivity contribution in [3.8, 4) is 0 Å². The van der Waals surface area contributed by atoms with Gasteiger partial charge in [-0.25, -0.2) is 9.67 Å². The first-order chi connectivity index (χ1) is 14.5. The Hall–Kier alpha value is -2.85. The topological polar surface area (TPSA) is 95.9 Å². The summed E-state index contributed by atoms with van der Waals surface area (Å²) < 4.78 is 42.3. The minimum atomic E-state index is -4.46. The summed E-state index contributed by atoms with van der Waals surface area (Å²) in [6, 6.07) is -0.671. The molecule has 8 nitrogen and oxygen atoms in total. The molecule has 0 unspecified atom stereocenters. The molecular formula is C20H23F3N6O2. The Morgan fingerprint density at radius 2 is 2.06 bits per heavy atom. The van der Waals surface area contributed by atoms with Crippen molar-refractivity contribution in [1.82, 2.24) is 24.6 Å². The monoisotopic (exact) mass is 436 g/mol. The highest BCUT2D eigenvalue weighted by Gasteiger charge is 2.53. The Morgan fingerprint density at radius 3 is 2.74 bits per heavy atom.